The summed E-state index contributed by atoms with van der Waals surface area (Å²) < 4.78 is 39.4. The summed E-state index contributed by atoms with van der Waals surface area (Å²) in [6, 6.07) is 12.9. The first kappa shape index (κ1) is 22.5. The lowest BCUT2D eigenvalue weighted by Gasteiger charge is -2.27. The highest BCUT2D eigenvalue weighted by atomic mass is 19.1. The first-order chi connectivity index (χ1) is 17.0. The Morgan fingerprint density at radius 1 is 1.00 bits per heavy atom. The topological polar surface area (TPSA) is 95.5 Å². The maximum atomic E-state index is 14.4. The van der Waals surface area contributed by atoms with E-state index in [1.807, 2.05) is 6.07 Å². The molecule has 4 heterocycles. The number of ether oxygens (including phenoxy) is 2. The second-order valence-electron chi connectivity index (χ2n) is 7.94. The number of aliphatic imine (C=N–C) groups is 1. The van der Waals surface area contributed by atoms with Gasteiger partial charge in [0.15, 0.2) is 5.75 Å². The maximum Gasteiger partial charge on any atom is 0.220 e. The second-order valence-corrected chi connectivity index (χ2v) is 7.94. The van der Waals surface area contributed by atoms with E-state index in [4.69, 9.17) is 20.2 Å². The quantitative estimate of drug-likeness (QED) is 0.239. The summed E-state index contributed by atoms with van der Waals surface area (Å²) in [5.41, 5.74) is 9.72. The van der Waals surface area contributed by atoms with E-state index in [0.717, 1.165) is 0 Å². The molecule has 9 heteroatoms. The molecule has 0 fully saturated rings. The van der Waals surface area contributed by atoms with Crippen LogP contribution in [0.25, 0.3) is 22.4 Å². The number of amidine groups is 1. The van der Waals surface area contributed by atoms with E-state index in [1.54, 1.807) is 49.7 Å². The van der Waals surface area contributed by atoms with Crippen molar-refractivity contribution in [2.75, 3.05) is 13.7 Å². The molecule has 0 spiro atoms. The van der Waals surface area contributed by atoms with E-state index in [9.17, 15) is 8.78 Å². The molecule has 2 N–H and O–H groups in total. The molecule has 5 rings (SSSR count). The molecule has 1 aromatic carbocycles. The van der Waals surface area contributed by atoms with Gasteiger partial charge < -0.3 is 15.2 Å². The highest BCUT2D eigenvalue weighted by Crippen LogP contribution is 2.46. The standard InChI is InChI=1S/C26H21F2N5O2/c1-34-10-7-24(29)33-25-18-11-15(17-3-2-8-31-26(17)28)4-5-21(18)35-22-14-32-20(13-19(22)25)16-6-9-30-23(27)12-16/h2-6,8-9,11-14,25H,7,10H2,1H3,(H2,29,33). The van der Waals surface area contributed by atoms with Crippen molar-refractivity contribution in [3.05, 3.63) is 90.1 Å². The lowest BCUT2D eigenvalue weighted by molar-refractivity contribution is 0.207. The third kappa shape index (κ3) is 4.58. The van der Waals surface area contributed by atoms with Crippen LogP contribution in [-0.2, 0) is 4.74 Å². The van der Waals surface area contributed by atoms with Crippen molar-refractivity contribution in [2.45, 2.75) is 12.5 Å². The fourth-order valence-corrected chi connectivity index (χ4v) is 3.96. The van der Waals surface area contributed by atoms with Gasteiger partial charge in [-0.3, -0.25) is 9.98 Å². The number of nitrogens with zero attached hydrogens (tertiary/aromatic N) is 4. The number of aromatic nitrogens is 3. The zero-order valence-electron chi connectivity index (χ0n) is 18.8. The smallest absolute Gasteiger partial charge is 0.220 e. The number of methoxy groups -OCH3 is 1. The SMILES string of the molecule is COCCC(N)=NC1c2cc(-c3cccnc3F)ccc2Oc2cnc(-c3ccnc(F)c3)cc21. The van der Waals surface area contributed by atoms with Crippen LogP contribution in [0.15, 0.2) is 72.1 Å². The monoisotopic (exact) mass is 473 g/mol. The van der Waals surface area contributed by atoms with Gasteiger partial charge >= 0.3 is 0 Å². The number of rotatable bonds is 6. The Morgan fingerprint density at radius 3 is 2.66 bits per heavy atom. The number of hydrogen-bond donors (Lipinski definition) is 1. The summed E-state index contributed by atoms with van der Waals surface area (Å²) in [5.74, 6) is 0.273. The van der Waals surface area contributed by atoms with Crippen LogP contribution in [0.5, 0.6) is 11.5 Å². The van der Waals surface area contributed by atoms with Crippen molar-refractivity contribution in [2.24, 2.45) is 10.7 Å². The average molecular weight is 473 g/mol. The molecular weight excluding hydrogens is 452 g/mol. The first-order valence-electron chi connectivity index (χ1n) is 10.9. The van der Waals surface area contributed by atoms with Gasteiger partial charge in [0.1, 0.15) is 11.8 Å². The Kier molecular flexibility index (Phi) is 6.15. The van der Waals surface area contributed by atoms with Gasteiger partial charge in [-0.05, 0) is 42.0 Å². The Hall–Kier alpha value is -4.24. The van der Waals surface area contributed by atoms with Crippen LogP contribution >= 0.6 is 0 Å². The summed E-state index contributed by atoms with van der Waals surface area (Å²) in [7, 11) is 1.59. The number of pyridine rings is 3. The van der Waals surface area contributed by atoms with E-state index >= 15 is 0 Å². The van der Waals surface area contributed by atoms with Gasteiger partial charge in [-0.1, -0.05) is 6.07 Å². The molecule has 1 atom stereocenters. The molecular formula is C26H21F2N5O2. The third-order valence-corrected chi connectivity index (χ3v) is 5.67. The molecule has 1 aliphatic heterocycles. The maximum absolute atomic E-state index is 14.4. The Labute approximate surface area is 200 Å². The molecule has 1 aliphatic rings. The molecule has 4 aromatic rings. The summed E-state index contributed by atoms with van der Waals surface area (Å²) in [4.78, 5) is 16.6. The van der Waals surface area contributed by atoms with E-state index < -0.39 is 17.9 Å². The Morgan fingerprint density at radius 2 is 1.86 bits per heavy atom. The van der Waals surface area contributed by atoms with Crippen molar-refractivity contribution < 1.29 is 18.3 Å². The highest BCUT2D eigenvalue weighted by Gasteiger charge is 2.29. The van der Waals surface area contributed by atoms with Crippen LogP contribution in [0.1, 0.15) is 23.6 Å². The van der Waals surface area contributed by atoms with Crippen molar-refractivity contribution in [3.8, 4) is 33.9 Å². The molecule has 0 radical (unpaired) electrons. The molecule has 0 saturated carbocycles. The van der Waals surface area contributed by atoms with Crippen molar-refractivity contribution in [1.82, 2.24) is 15.0 Å². The largest absolute Gasteiger partial charge is 0.455 e. The number of hydrogen-bond acceptors (Lipinski definition) is 6. The first-order valence-corrected chi connectivity index (χ1v) is 10.9. The van der Waals surface area contributed by atoms with Gasteiger partial charge in [-0.25, -0.2) is 9.97 Å². The Balaban J connectivity index is 1.65. The number of benzene rings is 1. The zero-order chi connectivity index (χ0) is 24.4. The van der Waals surface area contributed by atoms with E-state index in [0.29, 0.717) is 63.9 Å². The molecule has 0 saturated heterocycles. The van der Waals surface area contributed by atoms with Crippen LogP contribution in [0.2, 0.25) is 0 Å². The minimum Gasteiger partial charge on any atom is -0.455 e. The number of fused-ring (bicyclic) bond motifs is 2. The van der Waals surface area contributed by atoms with E-state index in [1.165, 1.54) is 18.5 Å². The van der Waals surface area contributed by atoms with Gasteiger partial charge in [-0.2, -0.15) is 8.78 Å². The number of halogens is 2. The molecule has 7 nitrogen and oxygen atoms in total. The third-order valence-electron chi connectivity index (χ3n) is 5.67. The predicted molar refractivity (Wildman–Crippen MR) is 127 cm³/mol. The van der Waals surface area contributed by atoms with Gasteiger partial charge in [-0.15, -0.1) is 0 Å². The minimum atomic E-state index is -0.606. The summed E-state index contributed by atoms with van der Waals surface area (Å²) >= 11 is 0. The van der Waals surface area contributed by atoms with Crippen molar-refractivity contribution >= 4 is 5.84 Å². The Bertz CT molecular complexity index is 1430. The summed E-state index contributed by atoms with van der Waals surface area (Å²) in [6.07, 6.45) is 4.79. The fourth-order valence-electron chi connectivity index (χ4n) is 3.96. The molecule has 0 aliphatic carbocycles. The predicted octanol–water partition coefficient (Wildman–Crippen LogP) is 5.07. The minimum absolute atomic E-state index is 0.360. The van der Waals surface area contributed by atoms with Gasteiger partial charge in [0.25, 0.3) is 0 Å². The van der Waals surface area contributed by atoms with Gasteiger partial charge in [0, 0.05) is 54.2 Å². The van der Waals surface area contributed by atoms with Crippen LogP contribution in [0.4, 0.5) is 8.78 Å². The molecule has 0 amide bonds. The molecule has 35 heavy (non-hydrogen) atoms. The van der Waals surface area contributed by atoms with Crippen molar-refractivity contribution in [1.29, 1.82) is 0 Å². The molecule has 176 valence electrons. The normalized spacial score (nSPS) is 14.7. The lowest BCUT2D eigenvalue weighted by atomic mass is 9.92. The fraction of sp³-hybridized carbons (Fsp3) is 0.154. The zero-order valence-corrected chi connectivity index (χ0v) is 18.8. The average Bonchev–Trinajstić information content (AvgIpc) is 2.87. The summed E-state index contributed by atoms with van der Waals surface area (Å²) in [5, 5.41) is 0. The lowest BCUT2D eigenvalue weighted by Crippen LogP contribution is -2.18. The van der Waals surface area contributed by atoms with Crippen LogP contribution in [-0.4, -0.2) is 34.5 Å². The number of nitrogens with two attached hydrogens (primary N) is 1. The van der Waals surface area contributed by atoms with Crippen molar-refractivity contribution in [3.63, 3.8) is 0 Å². The highest BCUT2D eigenvalue weighted by molar-refractivity contribution is 5.81. The van der Waals surface area contributed by atoms with Gasteiger partial charge in [0.2, 0.25) is 11.9 Å². The van der Waals surface area contributed by atoms with Crippen LogP contribution in [0.3, 0.4) is 0 Å². The molecule has 1 unspecified atom stereocenters. The second kappa shape index (κ2) is 9.55. The van der Waals surface area contributed by atoms with E-state index in [2.05, 4.69) is 15.0 Å². The van der Waals surface area contributed by atoms with E-state index in [-0.39, 0.29) is 0 Å². The van der Waals surface area contributed by atoms with Gasteiger partial charge in [0.05, 0.1) is 24.3 Å². The molecule has 3 aromatic heterocycles. The van der Waals surface area contributed by atoms with Crippen LogP contribution < -0.4 is 10.5 Å². The van der Waals surface area contributed by atoms with Crippen LogP contribution in [0, 0.1) is 11.9 Å². The molecule has 0 bridgehead atoms. The summed E-state index contributed by atoms with van der Waals surface area (Å²) in [6.45, 7) is 0.414.